The Bertz CT molecular complexity index is 417. The summed E-state index contributed by atoms with van der Waals surface area (Å²) in [6, 6.07) is 1.70. The standard InChI is InChI=1S/C12H15ClN2O2/c13-10-6-9(7-11(16)17)12(14-8-10)15-4-2-1-3-5-15/h6,8H,1-5,7H2,(H,16,17). The fourth-order valence-electron chi connectivity index (χ4n) is 2.16. The van der Waals surface area contributed by atoms with Gasteiger partial charge < -0.3 is 10.0 Å². The van der Waals surface area contributed by atoms with E-state index in [0.717, 1.165) is 31.7 Å². The molecule has 1 fully saturated rings. The first-order chi connectivity index (χ1) is 8.16. The molecule has 1 aromatic heterocycles. The fourth-order valence-corrected chi connectivity index (χ4v) is 2.34. The Morgan fingerprint density at radius 2 is 2.12 bits per heavy atom. The molecular formula is C12H15ClN2O2. The molecule has 0 saturated carbocycles. The number of nitrogens with zero attached hydrogens (tertiary/aromatic N) is 2. The number of piperidine rings is 1. The van der Waals surface area contributed by atoms with Gasteiger partial charge in [-0.25, -0.2) is 4.98 Å². The van der Waals surface area contributed by atoms with Crippen molar-refractivity contribution in [3.8, 4) is 0 Å². The number of aliphatic carboxylic acids is 1. The topological polar surface area (TPSA) is 53.4 Å². The summed E-state index contributed by atoms with van der Waals surface area (Å²) in [6.45, 7) is 1.89. The molecule has 0 atom stereocenters. The summed E-state index contributed by atoms with van der Waals surface area (Å²) >= 11 is 5.87. The minimum atomic E-state index is -0.854. The van der Waals surface area contributed by atoms with Crippen molar-refractivity contribution in [2.24, 2.45) is 0 Å². The Kier molecular flexibility index (Phi) is 3.84. The van der Waals surface area contributed by atoms with Gasteiger partial charge in [0.25, 0.3) is 0 Å². The zero-order chi connectivity index (χ0) is 12.3. The average molecular weight is 255 g/mol. The summed E-state index contributed by atoms with van der Waals surface area (Å²) in [5, 5.41) is 9.38. The van der Waals surface area contributed by atoms with Gasteiger partial charge in [0.1, 0.15) is 5.82 Å². The van der Waals surface area contributed by atoms with Crippen molar-refractivity contribution in [2.75, 3.05) is 18.0 Å². The van der Waals surface area contributed by atoms with E-state index in [2.05, 4.69) is 9.88 Å². The summed E-state index contributed by atoms with van der Waals surface area (Å²) < 4.78 is 0. The summed E-state index contributed by atoms with van der Waals surface area (Å²) in [6.07, 6.45) is 5.06. The first-order valence-corrected chi connectivity index (χ1v) is 6.16. The van der Waals surface area contributed by atoms with Crippen molar-refractivity contribution in [3.05, 3.63) is 22.8 Å². The summed E-state index contributed by atoms with van der Waals surface area (Å²) in [5.74, 6) is -0.0798. The van der Waals surface area contributed by atoms with Gasteiger partial charge in [0.15, 0.2) is 0 Å². The van der Waals surface area contributed by atoms with Gasteiger partial charge in [-0.1, -0.05) is 11.6 Å². The lowest BCUT2D eigenvalue weighted by Crippen LogP contribution is -2.31. The van der Waals surface area contributed by atoms with Crippen LogP contribution in [0, 0.1) is 0 Å². The van der Waals surface area contributed by atoms with E-state index in [1.807, 2.05) is 0 Å². The molecule has 1 aliphatic heterocycles. The molecule has 92 valence electrons. The lowest BCUT2D eigenvalue weighted by Gasteiger charge is -2.29. The molecule has 1 aliphatic rings. The SMILES string of the molecule is O=C(O)Cc1cc(Cl)cnc1N1CCCCC1. The van der Waals surface area contributed by atoms with E-state index in [1.165, 1.54) is 6.42 Å². The molecule has 1 saturated heterocycles. The highest BCUT2D eigenvalue weighted by Gasteiger charge is 2.17. The number of hydrogen-bond acceptors (Lipinski definition) is 3. The molecule has 0 aromatic carbocycles. The number of hydrogen-bond donors (Lipinski definition) is 1. The maximum absolute atomic E-state index is 10.8. The fraction of sp³-hybridized carbons (Fsp3) is 0.500. The molecule has 0 radical (unpaired) electrons. The van der Waals surface area contributed by atoms with Gasteiger partial charge in [0, 0.05) is 24.8 Å². The quantitative estimate of drug-likeness (QED) is 0.900. The molecule has 2 rings (SSSR count). The van der Waals surface area contributed by atoms with Crippen LogP contribution in [-0.4, -0.2) is 29.1 Å². The van der Waals surface area contributed by atoms with Gasteiger partial charge in [0.05, 0.1) is 11.4 Å². The minimum absolute atomic E-state index is 0.0284. The molecular weight excluding hydrogens is 240 g/mol. The molecule has 4 nitrogen and oxygen atoms in total. The molecule has 0 amide bonds. The minimum Gasteiger partial charge on any atom is -0.481 e. The highest BCUT2D eigenvalue weighted by atomic mass is 35.5. The monoisotopic (exact) mass is 254 g/mol. The third-order valence-electron chi connectivity index (χ3n) is 2.91. The maximum atomic E-state index is 10.8. The number of halogens is 1. The van der Waals surface area contributed by atoms with Crippen LogP contribution >= 0.6 is 11.6 Å². The molecule has 0 bridgehead atoms. The molecule has 0 aliphatic carbocycles. The van der Waals surface area contributed by atoms with E-state index in [-0.39, 0.29) is 6.42 Å². The first-order valence-electron chi connectivity index (χ1n) is 5.78. The Hall–Kier alpha value is -1.29. The van der Waals surface area contributed by atoms with E-state index in [4.69, 9.17) is 16.7 Å². The highest BCUT2D eigenvalue weighted by molar-refractivity contribution is 6.30. The second kappa shape index (κ2) is 5.36. The molecule has 0 unspecified atom stereocenters. The summed E-state index contributed by atoms with van der Waals surface area (Å²) in [5.41, 5.74) is 0.701. The zero-order valence-corrected chi connectivity index (χ0v) is 10.3. The van der Waals surface area contributed by atoms with Crippen LogP contribution in [0.1, 0.15) is 24.8 Å². The summed E-state index contributed by atoms with van der Waals surface area (Å²) in [4.78, 5) is 17.3. The number of aromatic nitrogens is 1. The van der Waals surface area contributed by atoms with Crippen LogP contribution in [0.5, 0.6) is 0 Å². The third kappa shape index (κ3) is 3.09. The van der Waals surface area contributed by atoms with E-state index < -0.39 is 5.97 Å². The van der Waals surface area contributed by atoms with Gasteiger partial charge in [-0.3, -0.25) is 4.79 Å². The van der Waals surface area contributed by atoms with Crippen molar-refractivity contribution >= 4 is 23.4 Å². The van der Waals surface area contributed by atoms with Crippen LogP contribution in [0.15, 0.2) is 12.3 Å². The van der Waals surface area contributed by atoms with E-state index in [1.54, 1.807) is 12.3 Å². The lowest BCUT2D eigenvalue weighted by molar-refractivity contribution is -0.136. The van der Waals surface area contributed by atoms with Crippen LogP contribution in [0.4, 0.5) is 5.82 Å². The second-order valence-corrected chi connectivity index (χ2v) is 4.69. The predicted octanol–water partition coefficient (Wildman–Crippen LogP) is 2.35. The molecule has 0 spiro atoms. The van der Waals surface area contributed by atoms with Crippen molar-refractivity contribution < 1.29 is 9.90 Å². The number of carbonyl (C=O) groups is 1. The van der Waals surface area contributed by atoms with Crippen molar-refractivity contribution in [1.29, 1.82) is 0 Å². The van der Waals surface area contributed by atoms with E-state index >= 15 is 0 Å². The number of anilines is 1. The van der Waals surface area contributed by atoms with Gasteiger partial charge >= 0.3 is 5.97 Å². The van der Waals surface area contributed by atoms with Crippen LogP contribution in [0.25, 0.3) is 0 Å². The van der Waals surface area contributed by atoms with Crippen LogP contribution in [-0.2, 0) is 11.2 Å². The van der Waals surface area contributed by atoms with Gasteiger partial charge in [0.2, 0.25) is 0 Å². The van der Waals surface area contributed by atoms with Gasteiger partial charge in [-0.2, -0.15) is 0 Å². The van der Waals surface area contributed by atoms with E-state index in [0.29, 0.717) is 10.6 Å². The summed E-state index contributed by atoms with van der Waals surface area (Å²) in [7, 11) is 0. The number of carboxylic acid groups (broad SMARTS) is 1. The molecule has 17 heavy (non-hydrogen) atoms. The largest absolute Gasteiger partial charge is 0.481 e. The Labute approximate surface area is 105 Å². The molecule has 1 aromatic rings. The number of carboxylic acids is 1. The molecule has 2 heterocycles. The van der Waals surface area contributed by atoms with Crippen LogP contribution in [0.3, 0.4) is 0 Å². The van der Waals surface area contributed by atoms with Gasteiger partial charge in [-0.05, 0) is 25.3 Å². The maximum Gasteiger partial charge on any atom is 0.307 e. The third-order valence-corrected chi connectivity index (χ3v) is 3.11. The van der Waals surface area contributed by atoms with Crippen LogP contribution in [0.2, 0.25) is 5.02 Å². The van der Waals surface area contributed by atoms with Crippen molar-refractivity contribution in [1.82, 2.24) is 4.98 Å². The second-order valence-electron chi connectivity index (χ2n) is 4.25. The van der Waals surface area contributed by atoms with Crippen LogP contribution < -0.4 is 4.90 Å². The highest BCUT2D eigenvalue weighted by Crippen LogP contribution is 2.24. The van der Waals surface area contributed by atoms with Crippen molar-refractivity contribution in [3.63, 3.8) is 0 Å². The molecule has 5 heteroatoms. The Balaban J connectivity index is 2.27. The average Bonchev–Trinajstić information content (AvgIpc) is 2.29. The Morgan fingerprint density at radius 3 is 2.76 bits per heavy atom. The molecule has 1 N–H and O–H groups in total. The number of rotatable bonds is 3. The first kappa shape index (κ1) is 12.2. The lowest BCUT2D eigenvalue weighted by atomic mass is 10.1. The van der Waals surface area contributed by atoms with Gasteiger partial charge in [-0.15, -0.1) is 0 Å². The Morgan fingerprint density at radius 1 is 1.41 bits per heavy atom. The number of pyridine rings is 1. The van der Waals surface area contributed by atoms with E-state index in [9.17, 15) is 4.79 Å². The smallest absolute Gasteiger partial charge is 0.307 e. The zero-order valence-electron chi connectivity index (χ0n) is 9.53. The van der Waals surface area contributed by atoms with Crippen molar-refractivity contribution in [2.45, 2.75) is 25.7 Å². The normalized spacial score (nSPS) is 15.9. The predicted molar refractivity (Wildman–Crippen MR) is 66.7 cm³/mol.